The van der Waals surface area contributed by atoms with Crippen molar-refractivity contribution in [2.24, 2.45) is 5.14 Å². The molecule has 2 aromatic rings. The number of rotatable bonds is 4. The zero-order valence-electron chi connectivity index (χ0n) is 11.5. The van der Waals surface area contributed by atoms with Gasteiger partial charge in [-0.05, 0) is 30.3 Å². The number of amides is 2. The molecule has 0 aliphatic rings. The lowest BCUT2D eigenvalue weighted by molar-refractivity contribution is -0.114. The van der Waals surface area contributed by atoms with Gasteiger partial charge in [0.05, 0.1) is 0 Å². The van der Waals surface area contributed by atoms with E-state index >= 15 is 0 Å². The number of anilines is 2. The van der Waals surface area contributed by atoms with Crippen LogP contribution in [0.3, 0.4) is 0 Å². The molecule has 0 saturated carbocycles. The largest absolute Gasteiger partial charge is 0.438 e. The summed E-state index contributed by atoms with van der Waals surface area (Å²) in [5, 5.41) is 9.49. The Bertz CT molecular complexity index is 826. The van der Waals surface area contributed by atoms with E-state index in [1.807, 2.05) is 0 Å². The van der Waals surface area contributed by atoms with Gasteiger partial charge in [-0.15, -0.1) is 0 Å². The van der Waals surface area contributed by atoms with Crippen LogP contribution >= 0.6 is 0 Å². The van der Waals surface area contributed by atoms with E-state index in [1.54, 1.807) is 24.3 Å². The van der Waals surface area contributed by atoms with Gasteiger partial charge >= 0.3 is 0 Å². The van der Waals surface area contributed by atoms with Crippen molar-refractivity contribution in [3.8, 4) is 0 Å². The van der Waals surface area contributed by atoms with Gasteiger partial charge < -0.3 is 15.1 Å². The van der Waals surface area contributed by atoms with Crippen LogP contribution in [-0.4, -0.2) is 20.2 Å². The van der Waals surface area contributed by atoms with E-state index in [2.05, 4.69) is 10.6 Å². The van der Waals surface area contributed by atoms with E-state index in [0.29, 0.717) is 11.4 Å². The van der Waals surface area contributed by atoms with Gasteiger partial charge in [-0.25, -0.2) is 13.6 Å². The second kappa shape index (κ2) is 6.00. The van der Waals surface area contributed by atoms with Crippen molar-refractivity contribution in [1.29, 1.82) is 0 Å². The molecule has 0 bridgehead atoms. The van der Waals surface area contributed by atoms with Crippen LogP contribution in [0, 0.1) is 0 Å². The van der Waals surface area contributed by atoms with Gasteiger partial charge in [-0.2, -0.15) is 0 Å². The second-order valence-corrected chi connectivity index (χ2v) is 5.87. The van der Waals surface area contributed by atoms with Crippen molar-refractivity contribution in [3.05, 3.63) is 42.2 Å². The van der Waals surface area contributed by atoms with Gasteiger partial charge in [-0.3, -0.25) is 9.59 Å². The maximum absolute atomic E-state index is 12.0. The van der Waals surface area contributed by atoms with Gasteiger partial charge in [-0.1, -0.05) is 6.07 Å². The Morgan fingerprint density at radius 1 is 1.09 bits per heavy atom. The Morgan fingerprint density at radius 3 is 2.27 bits per heavy atom. The smallest absolute Gasteiger partial charge is 0.291 e. The molecule has 1 aromatic heterocycles. The summed E-state index contributed by atoms with van der Waals surface area (Å²) < 4.78 is 27.1. The van der Waals surface area contributed by atoms with Crippen LogP contribution in [0.1, 0.15) is 17.5 Å². The lowest BCUT2D eigenvalue weighted by Gasteiger charge is -2.06. The molecule has 9 heteroatoms. The van der Waals surface area contributed by atoms with Gasteiger partial charge in [0, 0.05) is 18.3 Å². The quantitative estimate of drug-likeness (QED) is 0.776. The van der Waals surface area contributed by atoms with E-state index in [-0.39, 0.29) is 11.7 Å². The molecule has 0 saturated heterocycles. The van der Waals surface area contributed by atoms with Crippen molar-refractivity contribution in [2.45, 2.75) is 12.0 Å². The highest BCUT2D eigenvalue weighted by molar-refractivity contribution is 7.89. The summed E-state index contributed by atoms with van der Waals surface area (Å²) in [4.78, 5) is 22.9. The van der Waals surface area contributed by atoms with Crippen LogP contribution in [0.2, 0.25) is 0 Å². The maximum Gasteiger partial charge on any atom is 0.291 e. The summed E-state index contributed by atoms with van der Waals surface area (Å²) in [5.41, 5.74) is 0.916. The summed E-state index contributed by atoms with van der Waals surface area (Å²) in [7, 11) is -4.00. The lowest BCUT2D eigenvalue weighted by Crippen LogP contribution is -2.13. The minimum atomic E-state index is -4.00. The molecular formula is C13H13N3O5S. The summed E-state index contributed by atoms with van der Waals surface area (Å²) in [6, 6.07) is 8.74. The first-order chi connectivity index (χ1) is 10.3. The van der Waals surface area contributed by atoms with Crippen LogP contribution in [0.25, 0.3) is 0 Å². The summed E-state index contributed by atoms with van der Waals surface area (Å²) in [6.45, 7) is 1.36. The summed E-state index contributed by atoms with van der Waals surface area (Å²) in [6.07, 6.45) is 0. The van der Waals surface area contributed by atoms with Crippen molar-refractivity contribution >= 4 is 33.2 Å². The zero-order chi connectivity index (χ0) is 16.3. The molecule has 0 atom stereocenters. The number of benzene rings is 1. The fourth-order valence-electron chi connectivity index (χ4n) is 1.67. The lowest BCUT2D eigenvalue weighted by atomic mass is 10.2. The summed E-state index contributed by atoms with van der Waals surface area (Å²) in [5.74, 6) is -1.09. The number of sulfonamides is 1. The zero-order valence-corrected chi connectivity index (χ0v) is 12.3. The topological polar surface area (TPSA) is 132 Å². The molecule has 22 heavy (non-hydrogen) atoms. The summed E-state index contributed by atoms with van der Waals surface area (Å²) >= 11 is 0. The van der Waals surface area contributed by atoms with Crippen molar-refractivity contribution in [3.63, 3.8) is 0 Å². The number of carbonyl (C=O) groups is 2. The fourth-order valence-corrected chi connectivity index (χ4v) is 2.13. The average molecular weight is 323 g/mol. The van der Waals surface area contributed by atoms with Crippen molar-refractivity contribution < 1.29 is 22.4 Å². The highest BCUT2D eigenvalue weighted by Crippen LogP contribution is 2.18. The van der Waals surface area contributed by atoms with E-state index < -0.39 is 21.0 Å². The van der Waals surface area contributed by atoms with Crippen LogP contribution in [0.15, 0.2) is 45.9 Å². The van der Waals surface area contributed by atoms with Gasteiger partial charge in [0.2, 0.25) is 11.0 Å². The number of hydrogen-bond acceptors (Lipinski definition) is 5. The third-order valence-corrected chi connectivity index (χ3v) is 3.31. The molecule has 0 unspecified atom stereocenters. The highest BCUT2D eigenvalue weighted by atomic mass is 32.2. The van der Waals surface area contributed by atoms with Crippen LogP contribution in [-0.2, 0) is 14.8 Å². The molecule has 1 aromatic carbocycles. The SMILES string of the molecule is CC(=O)Nc1cccc(NC(=O)c2ccc(S(N)(=O)=O)o2)c1. The first-order valence-corrected chi connectivity index (χ1v) is 7.62. The normalized spacial score (nSPS) is 11.0. The third-order valence-electron chi connectivity index (χ3n) is 2.53. The molecule has 2 rings (SSSR count). The highest BCUT2D eigenvalue weighted by Gasteiger charge is 2.17. The molecule has 0 spiro atoms. The van der Waals surface area contributed by atoms with E-state index in [9.17, 15) is 18.0 Å². The van der Waals surface area contributed by atoms with E-state index in [4.69, 9.17) is 9.56 Å². The van der Waals surface area contributed by atoms with Crippen LogP contribution < -0.4 is 15.8 Å². The number of nitrogens with two attached hydrogens (primary N) is 1. The van der Waals surface area contributed by atoms with Gasteiger partial charge in [0.25, 0.3) is 15.9 Å². The van der Waals surface area contributed by atoms with Crippen LogP contribution in [0.4, 0.5) is 11.4 Å². The van der Waals surface area contributed by atoms with E-state index in [0.717, 1.165) is 6.07 Å². The number of primary sulfonamides is 1. The minimum absolute atomic E-state index is 0.200. The molecule has 8 nitrogen and oxygen atoms in total. The monoisotopic (exact) mass is 323 g/mol. The molecule has 0 aliphatic heterocycles. The Kier molecular flexibility index (Phi) is 4.29. The molecule has 0 fully saturated rings. The minimum Gasteiger partial charge on any atom is -0.438 e. The second-order valence-electron chi connectivity index (χ2n) is 4.38. The Labute approximate surface area is 126 Å². The molecular weight excluding hydrogens is 310 g/mol. The molecule has 0 aliphatic carbocycles. The van der Waals surface area contributed by atoms with Crippen molar-refractivity contribution in [2.75, 3.05) is 10.6 Å². The van der Waals surface area contributed by atoms with Gasteiger partial charge in [0.15, 0.2) is 5.76 Å². The Balaban J connectivity index is 2.15. The molecule has 0 radical (unpaired) electrons. The fraction of sp³-hybridized carbons (Fsp3) is 0.0769. The standard InChI is InChI=1S/C13H13N3O5S/c1-8(17)15-9-3-2-4-10(7-9)16-13(18)11-5-6-12(21-11)22(14,19)20/h2-7H,1H3,(H,15,17)(H,16,18)(H2,14,19,20). The Morgan fingerprint density at radius 2 is 1.73 bits per heavy atom. The average Bonchev–Trinajstić information content (AvgIpc) is 2.87. The molecule has 2 amide bonds. The molecule has 1 heterocycles. The predicted octanol–water partition coefficient (Wildman–Crippen LogP) is 1.14. The van der Waals surface area contributed by atoms with Crippen LogP contribution in [0.5, 0.6) is 0 Å². The maximum atomic E-state index is 12.0. The Hall–Kier alpha value is -2.65. The third kappa shape index (κ3) is 3.93. The van der Waals surface area contributed by atoms with Gasteiger partial charge in [0.1, 0.15) is 0 Å². The number of carbonyl (C=O) groups excluding carboxylic acids is 2. The predicted molar refractivity (Wildman–Crippen MR) is 78.8 cm³/mol. The first kappa shape index (κ1) is 15.7. The number of hydrogen-bond donors (Lipinski definition) is 3. The van der Waals surface area contributed by atoms with E-state index in [1.165, 1.54) is 13.0 Å². The molecule has 116 valence electrons. The number of furan rings is 1. The van der Waals surface area contributed by atoms with Crippen molar-refractivity contribution in [1.82, 2.24) is 0 Å². The number of nitrogens with one attached hydrogen (secondary N) is 2. The first-order valence-electron chi connectivity index (χ1n) is 6.07. The molecule has 4 N–H and O–H groups in total.